The third-order valence-corrected chi connectivity index (χ3v) is 4.42. The molecular weight excluding hydrogens is 212 g/mol. The number of rotatable bonds is 5. The Morgan fingerprint density at radius 2 is 2.00 bits per heavy atom. The standard InChI is InChI=1S/C14H26N2O/c1-11(13-5-3-2-4-6-13)7-14(17)16-10-12-8-15-9-12/h11-13,15H,2-10H2,1H3,(H,16,17). The van der Waals surface area contributed by atoms with Crippen molar-refractivity contribution in [3.8, 4) is 0 Å². The van der Waals surface area contributed by atoms with Crippen molar-refractivity contribution < 1.29 is 4.79 Å². The molecule has 98 valence electrons. The van der Waals surface area contributed by atoms with E-state index in [1.807, 2.05) is 0 Å². The number of carbonyl (C=O) groups is 1. The van der Waals surface area contributed by atoms with Crippen LogP contribution in [0.3, 0.4) is 0 Å². The van der Waals surface area contributed by atoms with Gasteiger partial charge >= 0.3 is 0 Å². The maximum absolute atomic E-state index is 11.8. The van der Waals surface area contributed by atoms with Crippen molar-refractivity contribution >= 4 is 5.91 Å². The van der Waals surface area contributed by atoms with E-state index < -0.39 is 0 Å². The molecule has 1 amide bonds. The predicted octanol–water partition coefficient (Wildman–Crippen LogP) is 1.93. The zero-order valence-corrected chi connectivity index (χ0v) is 11.0. The molecule has 1 saturated carbocycles. The van der Waals surface area contributed by atoms with Crippen LogP contribution >= 0.6 is 0 Å². The molecule has 0 bridgehead atoms. The second-order valence-corrected chi connectivity index (χ2v) is 5.91. The van der Waals surface area contributed by atoms with Crippen molar-refractivity contribution in [1.82, 2.24) is 10.6 Å². The Morgan fingerprint density at radius 1 is 1.29 bits per heavy atom. The molecule has 2 aliphatic rings. The van der Waals surface area contributed by atoms with E-state index >= 15 is 0 Å². The average molecular weight is 238 g/mol. The summed E-state index contributed by atoms with van der Waals surface area (Å²) in [6.45, 7) is 5.25. The zero-order chi connectivity index (χ0) is 12.1. The Hall–Kier alpha value is -0.570. The van der Waals surface area contributed by atoms with E-state index in [4.69, 9.17) is 0 Å². The first kappa shape index (κ1) is 12.9. The van der Waals surface area contributed by atoms with Gasteiger partial charge in [0.25, 0.3) is 0 Å². The van der Waals surface area contributed by atoms with Crippen molar-refractivity contribution in [3.63, 3.8) is 0 Å². The van der Waals surface area contributed by atoms with Crippen molar-refractivity contribution in [3.05, 3.63) is 0 Å². The predicted molar refractivity (Wildman–Crippen MR) is 69.7 cm³/mol. The van der Waals surface area contributed by atoms with Crippen molar-refractivity contribution in [2.45, 2.75) is 45.4 Å². The van der Waals surface area contributed by atoms with Crippen LogP contribution in [0, 0.1) is 17.8 Å². The minimum Gasteiger partial charge on any atom is -0.356 e. The van der Waals surface area contributed by atoms with Gasteiger partial charge in [-0.3, -0.25) is 4.79 Å². The van der Waals surface area contributed by atoms with Crippen LogP contribution in [0.5, 0.6) is 0 Å². The highest BCUT2D eigenvalue weighted by Crippen LogP contribution is 2.31. The first-order valence-electron chi connectivity index (χ1n) is 7.23. The lowest BCUT2D eigenvalue weighted by molar-refractivity contribution is -0.122. The monoisotopic (exact) mass is 238 g/mol. The summed E-state index contributed by atoms with van der Waals surface area (Å²) in [5.41, 5.74) is 0. The lowest BCUT2D eigenvalue weighted by atomic mass is 9.79. The van der Waals surface area contributed by atoms with E-state index in [-0.39, 0.29) is 5.91 Å². The molecule has 1 unspecified atom stereocenters. The van der Waals surface area contributed by atoms with Crippen molar-refractivity contribution in [1.29, 1.82) is 0 Å². The third-order valence-electron chi connectivity index (χ3n) is 4.42. The topological polar surface area (TPSA) is 41.1 Å². The van der Waals surface area contributed by atoms with Gasteiger partial charge in [0.1, 0.15) is 0 Å². The van der Waals surface area contributed by atoms with Gasteiger partial charge in [-0.25, -0.2) is 0 Å². The van der Waals surface area contributed by atoms with E-state index in [1.165, 1.54) is 32.1 Å². The summed E-state index contributed by atoms with van der Waals surface area (Å²) in [5.74, 6) is 2.29. The molecule has 1 heterocycles. The van der Waals surface area contributed by atoms with Gasteiger partial charge in [0.05, 0.1) is 0 Å². The molecule has 0 aromatic carbocycles. The van der Waals surface area contributed by atoms with E-state index in [2.05, 4.69) is 17.6 Å². The fraction of sp³-hybridized carbons (Fsp3) is 0.929. The Labute approximate surface area is 105 Å². The molecule has 1 aliphatic carbocycles. The number of carbonyl (C=O) groups excluding carboxylic acids is 1. The van der Waals surface area contributed by atoms with Crippen LogP contribution in [0.25, 0.3) is 0 Å². The second-order valence-electron chi connectivity index (χ2n) is 5.91. The van der Waals surface area contributed by atoms with Crippen molar-refractivity contribution in [2.24, 2.45) is 17.8 Å². The van der Waals surface area contributed by atoms with Gasteiger partial charge in [0.15, 0.2) is 0 Å². The number of nitrogens with one attached hydrogen (secondary N) is 2. The van der Waals surface area contributed by atoms with Crippen LogP contribution in [-0.4, -0.2) is 25.5 Å². The summed E-state index contributed by atoms with van der Waals surface area (Å²) in [6, 6.07) is 0. The summed E-state index contributed by atoms with van der Waals surface area (Å²) in [6.07, 6.45) is 7.52. The summed E-state index contributed by atoms with van der Waals surface area (Å²) < 4.78 is 0. The molecule has 0 aromatic rings. The van der Waals surface area contributed by atoms with E-state index in [1.54, 1.807) is 0 Å². The lowest BCUT2D eigenvalue weighted by Gasteiger charge is -2.29. The molecule has 3 nitrogen and oxygen atoms in total. The molecule has 2 fully saturated rings. The van der Waals surface area contributed by atoms with Crippen molar-refractivity contribution in [2.75, 3.05) is 19.6 Å². The zero-order valence-electron chi connectivity index (χ0n) is 11.0. The van der Waals surface area contributed by atoms with Crippen LogP contribution in [0.2, 0.25) is 0 Å². The summed E-state index contributed by atoms with van der Waals surface area (Å²) in [7, 11) is 0. The highest BCUT2D eigenvalue weighted by molar-refractivity contribution is 5.76. The van der Waals surface area contributed by atoms with E-state index in [0.29, 0.717) is 11.8 Å². The molecule has 1 atom stereocenters. The first-order chi connectivity index (χ1) is 8.25. The second kappa shape index (κ2) is 6.39. The van der Waals surface area contributed by atoms with E-state index in [9.17, 15) is 4.79 Å². The van der Waals surface area contributed by atoms with Crippen LogP contribution < -0.4 is 10.6 Å². The summed E-state index contributed by atoms with van der Waals surface area (Å²) in [5, 5.41) is 6.30. The normalized spacial score (nSPS) is 24.1. The number of hydrogen-bond acceptors (Lipinski definition) is 2. The molecule has 1 saturated heterocycles. The summed E-state index contributed by atoms with van der Waals surface area (Å²) >= 11 is 0. The molecule has 0 spiro atoms. The Bertz CT molecular complexity index is 245. The SMILES string of the molecule is CC(CC(=O)NCC1CNC1)C1CCCCC1. The number of hydrogen-bond donors (Lipinski definition) is 2. The first-order valence-corrected chi connectivity index (χ1v) is 7.23. The number of amides is 1. The minimum atomic E-state index is 0.259. The molecule has 17 heavy (non-hydrogen) atoms. The Morgan fingerprint density at radius 3 is 2.59 bits per heavy atom. The highest BCUT2D eigenvalue weighted by Gasteiger charge is 2.23. The van der Waals surface area contributed by atoms with E-state index in [0.717, 1.165) is 32.0 Å². The Balaban J connectivity index is 1.62. The van der Waals surface area contributed by atoms with Crippen LogP contribution in [0.15, 0.2) is 0 Å². The average Bonchev–Trinajstić information content (AvgIpc) is 2.28. The van der Waals surface area contributed by atoms with Gasteiger partial charge in [0.2, 0.25) is 5.91 Å². The van der Waals surface area contributed by atoms with Gasteiger partial charge in [-0.2, -0.15) is 0 Å². The largest absolute Gasteiger partial charge is 0.356 e. The molecule has 2 rings (SSSR count). The molecule has 0 radical (unpaired) electrons. The third kappa shape index (κ3) is 3.98. The molecule has 0 aromatic heterocycles. The van der Waals surface area contributed by atoms with Crippen LogP contribution in [0.4, 0.5) is 0 Å². The minimum absolute atomic E-state index is 0.259. The van der Waals surface area contributed by atoms with Gasteiger partial charge in [-0.05, 0) is 11.8 Å². The van der Waals surface area contributed by atoms with Gasteiger partial charge < -0.3 is 10.6 Å². The lowest BCUT2D eigenvalue weighted by Crippen LogP contribution is -2.48. The molecule has 3 heteroatoms. The highest BCUT2D eigenvalue weighted by atomic mass is 16.1. The maximum Gasteiger partial charge on any atom is 0.220 e. The van der Waals surface area contributed by atoms with Gasteiger partial charge in [-0.1, -0.05) is 39.0 Å². The smallest absolute Gasteiger partial charge is 0.220 e. The Kier molecular flexibility index (Phi) is 4.84. The maximum atomic E-state index is 11.8. The molecule has 1 aliphatic heterocycles. The fourth-order valence-corrected chi connectivity index (χ4v) is 2.99. The fourth-order valence-electron chi connectivity index (χ4n) is 2.99. The summed E-state index contributed by atoms with van der Waals surface area (Å²) in [4.78, 5) is 11.8. The molecular formula is C14H26N2O. The molecule has 2 N–H and O–H groups in total. The van der Waals surface area contributed by atoms with Crippen LogP contribution in [-0.2, 0) is 4.79 Å². The van der Waals surface area contributed by atoms with Gasteiger partial charge in [-0.15, -0.1) is 0 Å². The van der Waals surface area contributed by atoms with Gasteiger partial charge in [0, 0.05) is 32.0 Å². The van der Waals surface area contributed by atoms with Crippen LogP contribution in [0.1, 0.15) is 45.4 Å². The quantitative estimate of drug-likeness (QED) is 0.768.